The van der Waals surface area contributed by atoms with E-state index in [1.807, 2.05) is 0 Å². The fraction of sp³-hybridized carbons (Fsp3) is 0.500. The second kappa shape index (κ2) is 6.85. The lowest BCUT2D eigenvalue weighted by atomic mass is 10.2. The number of carbonyl (C=O) groups excluding carboxylic acids is 1. The molecule has 0 radical (unpaired) electrons. The van der Waals surface area contributed by atoms with Gasteiger partial charge in [-0.15, -0.1) is 0 Å². The van der Waals surface area contributed by atoms with Gasteiger partial charge in [0.1, 0.15) is 6.54 Å². The Morgan fingerprint density at radius 3 is 2.59 bits per heavy atom. The molecule has 1 aromatic rings. The normalized spacial score (nSPS) is 15.7. The zero-order chi connectivity index (χ0) is 16.3. The zero-order valence-corrected chi connectivity index (χ0v) is 14.2. The summed E-state index contributed by atoms with van der Waals surface area (Å²) in [7, 11) is -3.60. The quantitative estimate of drug-likeness (QED) is 0.823. The summed E-state index contributed by atoms with van der Waals surface area (Å²) < 4.78 is 30.5. The van der Waals surface area contributed by atoms with Crippen molar-refractivity contribution in [3.8, 4) is 0 Å². The number of halogens is 1. The van der Waals surface area contributed by atoms with Crippen LogP contribution in [0.1, 0.15) is 5.56 Å². The number of ether oxygens (including phenoxy) is 1. The predicted octanol–water partition coefficient (Wildman–Crippen LogP) is 1.27. The molecule has 6 nitrogen and oxygen atoms in total. The van der Waals surface area contributed by atoms with E-state index >= 15 is 0 Å². The third kappa shape index (κ3) is 3.91. The first-order valence-corrected chi connectivity index (χ1v) is 9.11. The molecule has 122 valence electrons. The van der Waals surface area contributed by atoms with Gasteiger partial charge in [0.25, 0.3) is 0 Å². The van der Waals surface area contributed by atoms with Crippen LogP contribution < -0.4 is 4.31 Å². The first-order chi connectivity index (χ1) is 10.3. The van der Waals surface area contributed by atoms with Crippen LogP contribution in [-0.2, 0) is 19.6 Å². The van der Waals surface area contributed by atoms with E-state index in [0.29, 0.717) is 42.6 Å². The predicted molar refractivity (Wildman–Crippen MR) is 85.8 cm³/mol. The molecule has 1 aliphatic heterocycles. The lowest BCUT2D eigenvalue weighted by molar-refractivity contribution is -0.133. The second-order valence-electron chi connectivity index (χ2n) is 5.15. The van der Waals surface area contributed by atoms with Crippen molar-refractivity contribution in [2.75, 3.05) is 43.4 Å². The maximum Gasteiger partial charge on any atom is 0.243 e. The summed E-state index contributed by atoms with van der Waals surface area (Å²) in [5.74, 6) is -0.242. The number of hydrogen-bond donors (Lipinski definition) is 0. The topological polar surface area (TPSA) is 66.9 Å². The van der Waals surface area contributed by atoms with Crippen LogP contribution in [0.3, 0.4) is 0 Å². The van der Waals surface area contributed by atoms with Crippen LogP contribution in [-0.4, -0.2) is 58.3 Å². The van der Waals surface area contributed by atoms with Gasteiger partial charge in [0.05, 0.1) is 25.2 Å². The number of hydrogen-bond acceptors (Lipinski definition) is 4. The van der Waals surface area contributed by atoms with E-state index < -0.39 is 10.0 Å². The van der Waals surface area contributed by atoms with E-state index in [0.717, 1.165) is 10.6 Å². The number of carbonyl (C=O) groups is 1. The maximum absolute atomic E-state index is 12.4. The number of benzene rings is 1. The number of amides is 1. The molecule has 2 rings (SSSR count). The van der Waals surface area contributed by atoms with Crippen molar-refractivity contribution in [2.24, 2.45) is 0 Å². The smallest absolute Gasteiger partial charge is 0.243 e. The van der Waals surface area contributed by atoms with Gasteiger partial charge in [-0.05, 0) is 24.6 Å². The van der Waals surface area contributed by atoms with Crippen LogP contribution >= 0.6 is 11.6 Å². The Kier molecular flexibility index (Phi) is 5.31. The molecular formula is C14H19ClN2O4S. The molecule has 0 unspecified atom stereocenters. The molecule has 0 saturated carbocycles. The van der Waals surface area contributed by atoms with Crippen LogP contribution in [0.5, 0.6) is 0 Å². The van der Waals surface area contributed by atoms with Crippen molar-refractivity contribution in [3.63, 3.8) is 0 Å². The van der Waals surface area contributed by atoms with E-state index in [1.165, 1.54) is 0 Å². The average Bonchev–Trinajstić information content (AvgIpc) is 2.47. The van der Waals surface area contributed by atoms with Gasteiger partial charge in [-0.1, -0.05) is 17.7 Å². The molecular weight excluding hydrogens is 328 g/mol. The van der Waals surface area contributed by atoms with Crippen molar-refractivity contribution >= 4 is 33.2 Å². The molecule has 0 spiro atoms. The van der Waals surface area contributed by atoms with Crippen molar-refractivity contribution in [1.82, 2.24) is 4.90 Å². The fourth-order valence-electron chi connectivity index (χ4n) is 2.28. The molecule has 0 aliphatic carbocycles. The van der Waals surface area contributed by atoms with E-state index in [2.05, 4.69) is 0 Å². The molecule has 1 amide bonds. The maximum atomic E-state index is 12.4. The standard InChI is InChI=1S/C14H19ClN2O4S/c1-11-12(15)4-3-5-13(11)17(22(2,19)20)10-14(18)16-6-8-21-9-7-16/h3-5H,6-10H2,1-2H3. The summed E-state index contributed by atoms with van der Waals surface area (Å²) in [5, 5.41) is 0.463. The lowest BCUT2D eigenvalue weighted by Gasteiger charge is -2.30. The molecule has 0 bridgehead atoms. The molecule has 0 N–H and O–H groups in total. The minimum Gasteiger partial charge on any atom is -0.378 e. The van der Waals surface area contributed by atoms with Crippen molar-refractivity contribution in [3.05, 3.63) is 28.8 Å². The van der Waals surface area contributed by atoms with Crippen LogP contribution in [0.25, 0.3) is 0 Å². The molecule has 1 heterocycles. The van der Waals surface area contributed by atoms with Gasteiger partial charge in [0.2, 0.25) is 15.9 Å². The minimum absolute atomic E-state index is 0.236. The molecule has 8 heteroatoms. The van der Waals surface area contributed by atoms with Crippen LogP contribution in [0.4, 0.5) is 5.69 Å². The van der Waals surface area contributed by atoms with E-state index in [-0.39, 0.29) is 12.5 Å². The second-order valence-corrected chi connectivity index (χ2v) is 7.46. The molecule has 1 aliphatic rings. The summed E-state index contributed by atoms with van der Waals surface area (Å²) in [6.07, 6.45) is 1.08. The summed E-state index contributed by atoms with van der Waals surface area (Å²) in [6, 6.07) is 5.00. The molecule has 22 heavy (non-hydrogen) atoms. The third-order valence-electron chi connectivity index (χ3n) is 3.55. The first-order valence-electron chi connectivity index (χ1n) is 6.89. The van der Waals surface area contributed by atoms with Crippen molar-refractivity contribution in [2.45, 2.75) is 6.92 Å². The Bertz CT molecular complexity index is 657. The highest BCUT2D eigenvalue weighted by molar-refractivity contribution is 7.92. The molecule has 1 saturated heterocycles. The summed E-state index contributed by atoms with van der Waals surface area (Å²) >= 11 is 6.06. The zero-order valence-electron chi connectivity index (χ0n) is 12.6. The average molecular weight is 347 g/mol. The number of nitrogens with zero attached hydrogens (tertiary/aromatic N) is 2. The van der Waals surface area contributed by atoms with Crippen molar-refractivity contribution in [1.29, 1.82) is 0 Å². The summed E-state index contributed by atoms with van der Waals surface area (Å²) in [5.41, 5.74) is 1.06. The minimum atomic E-state index is -3.60. The molecule has 1 fully saturated rings. The van der Waals surface area contributed by atoms with Gasteiger partial charge in [0, 0.05) is 18.1 Å². The Hall–Kier alpha value is -1.31. The summed E-state index contributed by atoms with van der Waals surface area (Å²) in [4.78, 5) is 14.0. The van der Waals surface area contributed by atoms with E-state index in [4.69, 9.17) is 16.3 Å². The summed E-state index contributed by atoms with van der Waals surface area (Å²) in [6.45, 7) is 3.40. The van der Waals surface area contributed by atoms with Gasteiger partial charge < -0.3 is 9.64 Å². The number of rotatable bonds is 4. The molecule has 0 atom stereocenters. The Labute approximate surface area is 135 Å². The fourth-order valence-corrected chi connectivity index (χ4v) is 3.35. The van der Waals surface area contributed by atoms with Crippen molar-refractivity contribution < 1.29 is 17.9 Å². The molecule has 0 aromatic heterocycles. The highest BCUT2D eigenvalue weighted by Gasteiger charge is 2.26. The number of morpholine rings is 1. The van der Waals surface area contributed by atoms with Gasteiger partial charge in [-0.2, -0.15) is 0 Å². The number of anilines is 1. The lowest BCUT2D eigenvalue weighted by Crippen LogP contribution is -2.47. The SMILES string of the molecule is Cc1c(Cl)cccc1N(CC(=O)N1CCOCC1)S(C)(=O)=O. The Balaban J connectivity index is 2.27. The highest BCUT2D eigenvalue weighted by Crippen LogP contribution is 2.28. The van der Waals surface area contributed by atoms with Gasteiger partial charge in [-0.25, -0.2) is 8.42 Å². The first kappa shape index (κ1) is 17.1. The van der Waals surface area contributed by atoms with E-state index in [9.17, 15) is 13.2 Å². The molecule has 1 aromatic carbocycles. The van der Waals surface area contributed by atoms with Gasteiger partial charge in [0.15, 0.2) is 0 Å². The van der Waals surface area contributed by atoms with Crippen LogP contribution in [0.15, 0.2) is 18.2 Å². The highest BCUT2D eigenvalue weighted by atomic mass is 35.5. The largest absolute Gasteiger partial charge is 0.378 e. The Morgan fingerprint density at radius 2 is 2.00 bits per heavy atom. The van der Waals surface area contributed by atoms with Gasteiger partial charge in [-0.3, -0.25) is 9.10 Å². The van der Waals surface area contributed by atoms with Crippen LogP contribution in [0.2, 0.25) is 5.02 Å². The monoisotopic (exact) mass is 346 g/mol. The van der Waals surface area contributed by atoms with E-state index in [1.54, 1.807) is 30.0 Å². The number of sulfonamides is 1. The Morgan fingerprint density at radius 1 is 1.36 bits per heavy atom. The van der Waals surface area contributed by atoms with Gasteiger partial charge >= 0.3 is 0 Å². The third-order valence-corrected chi connectivity index (χ3v) is 5.09. The van der Waals surface area contributed by atoms with Crippen LogP contribution in [0, 0.1) is 6.92 Å².